The topological polar surface area (TPSA) is 41.8 Å². The molecular weight excluding hydrogens is 240 g/mol. The van der Waals surface area contributed by atoms with E-state index in [9.17, 15) is 4.79 Å². The maximum atomic E-state index is 10.4. The van der Waals surface area contributed by atoms with Crippen molar-refractivity contribution in [3.8, 4) is 0 Å². The van der Waals surface area contributed by atoms with E-state index >= 15 is 0 Å². The van der Waals surface area contributed by atoms with Crippen LogP contribution in [0, 0.1) is 0 Å². The van der Waals surface area contributed by atoms with E-state index in [1.54, 1.807) is 0 Å². The first-order chi connectivity index (χ1) is 3.72. The fourth-order valence-electron chi connectivity index (χ4n) is 0.265. The van der Waals surface area contributed by atoms with Crippen molar-refractivity contribution in [2.45, 2.75) is 0 Å². The van der Waals surface area contributed by atoms with Crippen molar-refractivity contribution < 1.29 is 4.79 Å². The highest BCUT2D eigenvalue weighted by Gasteiger charge is 2.15. The van der Waals surface area contributed by atoms with Gasteiger partial charge in [0.05, 0.1) is 0 Å². The zero-order valence-electron chi connectivity index (χ0n) is 3.56. The van der Waals surface area contributed by atoms with Crippen LogP contribution >= 0.6 is 31.9 Å². The van der Waals surface area contributed by atoms with E-state index in [1.165, 1.54) is 0 Å². The summed E-state index contributed by atoms with van der Waals surface area (Å²) >= 11 is 5.96. The molecule has 1 amide bonds. The summed E-state index contributed by atoms with van der Waals surface area (Å²) in [6, 6.07) is 0. The smallest absolute Gasteiger partial charge is 0.264 e. The molecule has 0 bridgehead atoms. The van der Waals surface area contributed by atoms with Crippen LogP contribution in [-0.4, -0.2) is 5.91 Å². The van der Waals surface area contributed by atoms with Crippen LogP contribution in [0.1, 0.15) is 0 Å². The van der Waals surface area contributed by atoms with E-state index < -0.39 is 0 Å². The highest BCUT2D eigenvalue weighted by atomic mass is 79.9. The van der Waals surface area contributed by atoms with E-state index in [1.807, 2.05) is 0 Å². The van der Waals surface area contributed by atoms with E-state index in [-0.39, 0.29) is 5.91 Å². The Morgan fingerprint density at radius 1 is 1.25 bits per heavy atom. The SMILES string of the molecule is O=C1N=NC(Br)=C1Br. The number of carbonyl (C=O) groups excluding carboxylic acids is 1. The highest BCUT2D eigenvalue weighted by molar-refractivity contribution is 9.14. The summed E-state index contributed by atoms with van der Waals surface area (Å²) in [6.45, 7) is 0. The Bertz CT molecular complexity index is 191. The van der Waals surface area contributed by atoms with Crippen molar-refractivity contribution in [3.05, 3.63) is 9.09 Å². The first-order valence-electron chi connectivity index (χ1n) is 1.73. The van der Waals surface area contributed by atoms with Crippen LogP contribution in [0.2, 0.25) is 0 Å². The molecule has 0 aromatic heterocycles. The molecule has 0 atom stereocenters. The molecule has 42 valence electrons. The zero-order chi connectivity index (χ0) is 6.15. The lowest BCUT2D eigenvalue weighted by Crippen LogP contribution is -1.83. The Morgan fingerprint density at radius 2 is 1.88 bits per heavy atom. The maximum Gasteiger partial charge on any atom is 0.305 e. The molecule has 0 aromatic rings. The lowest BCUT2D eigenvalue weighted by atomic mass is 10.6. The van der Waals surface area contributed by atoms with Gasteiger partial charge in [0.15, 0.2) is 0 Å². The minimum atomic E-state index is -0.336. The fourth-order valence-corrected chi connectivity index (χ4v) is 0.673. The van der Waals surface area contributed by atoms with Gasteiger partial charge in [0, 0.05) is 0 Å². The lowest BCUT2D eigenvalue weighted by molar-refractivity contribution is -0.113. The largest absolute Gasteiger partial charge is 0.305 e. The average Bonchev–Trinajstić information content (AvgIpc) is 1.98. The van der Waals surface area contributed by atoms with Crippen molar-refractivity contribution in [3.63, 3.8) is 0 Å². The Labute approximate surface area is 62.1 Å². The Morgan fingerprint density at radius 3 is 2.00 bits per heavy atom. The number of amides is 1. The molecule has 1 rings (SSSR count). The number of hydrogen-bond acceptors (Lipinski definition) is 2. The quantitative estimate of drug-likeness (QED) is 0.596. The second kappa shape index (κ2) is 2.06. The van der Waals surface area contributed by atoms with Gasteiger partial charge in [-0.3, -0.25) is 4.79 Å². The molecule has 0 saturated carbocycles. The number of hydrogen-bond donors (Lipinski definition) is 0. The van der Waals surface area contributed by atoms with Gasteiger partial charge in [0.2, 0.25) is 0 Å². The van der Waals surface area contributed by atoms with Gasteiger partial charge in [-0.2, -0.15) is 0 Å². The molecule has 0 radical (unpaired) electrons. The number of halogens is 2. The monoisotopic (exact) mass is 238 g/mol. The van der Waals surface area contributed by atoms with Crippen molar-refractivity contribution in [2.75, 3.05) is 0 Å². The summed E-state index contributed by atoms with van der Waals surface area (Å²) in [4.78, 5) is 10.4. The normalized spacial score (nSPS) is 18.5. The Hall–Kier alpha value is -0.0300. The maximum absolute atomic E-state index is 10.4. The van der Waals surface area contributed by atoms with Crippen LogP contribution in [0.25, 0.3) is 0 Å². The molecule has 0 N–H and O–H groups in total. The Balaban J connectivity index is 3.02. The van der Waals surface area contributed by atoms with Crippen LogP contribution in [0.3, 0.4) is 0 Å². The van der Waals surface area contributed by atoms with Crippen LogP contribution in [-0.2, 0) is 4.79 Å². The predicted octanol–water partition coefficient (Wildman–Crippen LogP) is 1.94. The van der Waals surface area contributed by atoms with Crippen molar-refractivity contribution in [1.82, 2.24) is 0 Å². The fraction of sp³-hybridized carbons (Fsp3) is 0. The predicted molar refractivity (Wildman–Crippen MR) is 34.7 cm³/mol. The Kier molecular flexibility index (Phi) is 1.57. The van der Waals surface area contributed by atoms with Crippen molar-refractivity contribution >= 4 is 37.8 Å². The van der Waals surface area contributed by atoms with Crippen LogP contribution in [0.15, 0.2) is 19.3 Å². The van der Waals surface area contributed by atoms with E-state index in [0.29, 0.717) is 9.09 Å². The number of rotatable bonds is 0. The molecule has 0 saturated heterocycles. The van der Waals surface area contributed by atoms with Gasteiger partial charge >= 0.3 is 5.91 Å². The number of nitrogens with zero attached hydrogens (tertiary/aromatic N) is 2. The lowest BCUT2D eigenvalue weighted by Gasteiger charge is -1.77. The molecule has 0 unspecified atom stereocenters. The van der Waals surface area contributed by atoms with Gasteiger partial charge in [0.25, 0.3) is 0 Å². The third-order valence-corrected chi connectivity index (χ3v) is 2.40. The summed E-state index contributed by atoms with van der Waals surface area (Å²) in [5.41, 5.74) is 0. The molecule has 0 spiro atoms. The first kappa shape index (κ1) is 6.10. The minimum absolute atomic E-state index is 0.336. The molecule has 0 aromatic carbocycles. The third-order valence-electron chi connectivity index (χ3n) is 0.598. The van der Waals surface area contributed by atoms with E-state index in [2.05, 4.69) is 42.1 Å². The van der Waals surface area contributed by atoms with Gasteiger partial charge in [0.1, 0.15) is 9.09 Å². The number of carbonyl (C=O) groups is 1. The van der Waals surface area contributed by atoms with Crippen molar-refractivity contribution in [2.24, 2.45) is 10.2 Å². The van der Waals surface area contributed by atoms with Gasteiger partial charge in [-0.1, -0.05) is 0 Å². The molecule has 1 aliphatic rings. The molecule has 1 aliphatic heterocycles. The molecule has 0 fully saturated rings. The van der Waals surface area contributed by atoms with E-state index in [4.69, 9.17) is 0 Å². The highest BCUT2D eigenvalue weighted by Crippen LogP contribution is 2.25. The molecule has 3 nitrogen and oxygen atoms in total. The summed E-state index contributed by atoms with van der Waals surface area (Å²) in [6.07, 6.45) is 0. The summed E-state index contributed by atoms with van der Waals surface area (Å²) < 4.78 is 0.847. The summed E-state index contributed by atoms with van der Waals surface area (Å²) in [5, 5.41) is 6.64. The van der Waals surface area contributed by atoms with Gasteiger partial charge in [-0.05, 0) is 31.9 Å². The van der Waals surface area contributed by atoms with E-state index in [0.717, 1.165) is 0 Å². The zero-order valence-corrected chi connectivity index (χ0v) is 6.73. The van der Waals surface area contributed by atoms with Gasteiger partial charge < -0.3 is 0 Å². The summed E-state index contributed by atoms with van der Waals surface area (Å²) in [5.74, 6) is -0.336. The molecule has 1 heterocycles. The van der Waals surface area contributed by atoms with Gasteiger partial charge in [-0.25, -0.2) is 0 Å². The minimum Gasteiger partial charge on any atom is -0.264 e. The second-order valence-corrected chi connectivity index (χ2v) is 2.65. The molecule has 8 heavy (non-hydrogen) atoms. The average molecular weight is 240 g/mol. The number of azo groups is 1. The van der Waals surface area contributed by atoms with Gasteiger partial charge in [-0.15, -0.1) is 10.2 Å². The third kappa shape index (κ3) is 0.877. The van der Waals surface area contributed by atoms with Crippen LogP contribution < -0.4 is 0 Å². The van der Waals surface area contributed by atoms with Crippen LogP contribution in [0.4, 0.5) is 0 Å². The first-order valence-corrected chi connectivity index (χ1v) is 3.32. The standard InChI is InChI=1S/C3Br2N2O/c4-1-2(5)6-7-3(1)8. The molecule has 5 heteroatoms. The van der Waals surface area contributed by atoms with Crippen LogP contribution in [0.5, 0.6) is 0 Å². The molecular formula is C3Br2N2O. The van der Waals surface area contributed by atoms with Crippen molar-refractivity contribution in [1.29, 1.82) is 0 Å². The summed E-state index contributed by atoms with van der Waals surface area (Å²) in [7, 11) is 0. The second-order valence-electron chi connectivity index (χ2n) is 1.11. The molecule has 0 aliphatic carbocycles.